The summed E-state index contributed by atoms with van der Waals surface area (Å²) in [6.45, 7) is 0. The maximum Gasteiger partial charge on any atom is 0.325 e. The van der Waals surface area contributed by atoms with E-state index < -0.39 is 6.17 Å². The number of benzene rings is 3. The normalized spacial score (nSPS) is 14.4. The highest BCUT2D eigenvalue weighted by molar-refractivity contribution is 9.10. The molecule has 0 radical (unpaired) electrons. The highest BCUT2D eigenvalue weighted by Crippen LogP contribution is 2.35. The molecule has 5 rings (SSSR count). The van der Waals surface area contributed by atoms with Crippen molar-refractivity contribution in [1.82, 2.24) is 10.1 Å². The Balaban J connectivity index is 1.62. The summed E-state index contributed by atoms with van der Waals surface area (Å²) in [5, 5.41) is 19.5. The molecule has 0 bridgehead atoms. The van der Waals surface area contributed by atoms with Gasteiger partial charge in [0.1, 0.15) is 5.75 Å². The van der Waals surface area contributed by atoms with Gasteiger partial charge in [-0.25, -0.2) is 0 Å². The summed E-state index contributed by atoms with van der Waals surface area (Å²) < 4.78 is 2.47. The number of hydrogen-bond acceptors (Lipinski definition) is 5. The summed E-state index contributed by atoms with van der Waals surface area (Å²) in [5.74, 6) is 0.691. The Labute approximate surface area is 201 Å². The molecule has 0 aliphatic carbocycles. The third kappa shape index (κ3) is 3.90. The number of aromatic hydroxyl groups is 1. The standard InChI is InChI=1S/C23H16BrClN4O2S/c24-17-10-9-14(30)11-16(17)21-26-19-8-4-2-6-15(19)20-22(31)27-23(28-29(20)21)32-12-13-5-1-3-7-18(13)25/h1-11,21H,12H2,(H2,27,28,30,31)/p+1/t21-/m1/s1. The molecular formula is C23H17BrClN4O2S+. The molecule has 0 fully saturated rings. The number of thioether (sulfide) groups is 1. The fourth-order valence-electron chi connectivity index (χ4n) is 3.67. The van der Waals surface area contributed by atoms with Gasteiger partial charge in [-0.1, -0.05) is 69.6 Å². The van der Waals surface area contributed by atoms with E-state index in [0.717, 1.165) is 26.9 Å². The van der Waals surface area contributed by atoms with Gasteiger partial charge in [0.2, 0.25) is 5.16 Å². The molecule has 0 unspecified atom stereocenters. The van der Waals surface area contributed by atoms with Crippen LogP contribution in [-0.2, 0) is 5.75 Å². The number of nitrogens with zero attached hydrogens (tertiary/aromatic N) is 2. The Kier molecular flexibility index (Phi) is 5.67. The second-order valence-electron chi connectivity index (χ2n) is 7.23. The summed E-state index contributed by atoms with van der Waals surface area (Å²) in [4.78, 5) is 16.1. The van der Waals surface area contributed by atoms with Crippen LogP contribution in [0.5, 0.6) is 5.75 Å². The number of phenols is 1. The smallest absolute Gasteiger partial charge is 0.325 e. The number of hydrogen-bond donors (Lipinski definition) is 3. The SMILES string of the molecule is O=c1[nH]c(SCc2ccccc2Cl)n[n+]2c1-c1ccccc1N[C@H]2c1cc(O)ccc1Br. The van der Waals surface area contributed by atoms with Crippen molar-refractivity contribution < 1.29 is 9.79 Å². The first-order valence-corrected chi connectivity index (χ1v) is 11.9. The lowest BCUT2D eigenvalue weighted by Crippen LogP contribution is -2.55. The zero-order valence-electron chi connectivity index (χ0n) is 16.5. The fraction of sp³-hybridized carbons (Fsp3) is 0.0870. The van der Waals surface area contributed by atoms with Gasteiger partial charge in [0.15, 0.2) is 0 Å². The van der Waals surface area contributed by atoms with Gasteiger partial charge in [-0.3, -0.25) is 9.78 Å². The van der Waals surface area contributed by atoms with Crippen molar-refractivity contribution in [3.05, 3.63) is 97.7 Å². The Hall–Kier alpha value is -2.81. The van der Waals surface area contributed by atoms with Gasteiger partial charge in [-0.05, 0) is 46.6 Å². The molecule has 0 saturated carbocycles. The van der Waals surface area contributed by atoms with E-state index in [1.54, 1.807) is 22.9 Å². The molecule has 1 aromatic heterocycles. The van der Waals surface area contributed by atoms with Crippen molar-refractivity contribution in [2.75, 3.05) is 5.32 Å². The van der Waals surface area contributed by atoms with Crippen LogP contribution in [0.3, 0.4) is 0 Å². The third-order valence-corrected chi connectivity index (χ3v) is 7.18. The monoisotopic (exact) mass is 527 g/mol. The molecular weight excluding hydrogens is 512 g/mol. The average molecular weight is 529 g/mol. The number of aromatic nitrogens is 3. The third-order valence-electron chi connectivity index (χ3n) is 5.18. The number of H-pyrrole nitrogens is 1. The van der Waals surface area contributed by atoms with Gasteiger partial charge in [-0.2, -0.15) is 0 Å². The van der Waals surface area contributed by atoms with Crippen LogP contribution in [0.2, 0.25) is 5.02 Å². The van der Waals surface area contributed by atoms with Crippen LogP contribution in [0.4, 0.5) is 5.69 Å². The predicted molar refractivity (Wildman–Crippen MR) is 129 cm³/mol. The molecule has 1 atom stereocenters. The summed E-state index contributed by atoms with van der Waals surface area (Å²) in [6.07, 6.45) is -0.497. The van der Waals surface area contributed by atoms with E-state index in [-0.39, 0.29) is 11.3 Å². The second-order valence-corrected chi connectivity index (χ2v) is 9.46. The molecule has 2 heterocycles. The minimum absolute atomic E-state index is 0.129. The van der Waals surface area contributed by atoms with Crippen molar-refractivity contribution in [3.63, 3.8) is 0 Å². The maximum atomic E-state index is 13.2. The van der Waals surface area contributed by atoms with Gasteiger partial charge in [0.25, 0.3) is 6.17 Å². The minimum atomic E-state index is -0.497. The Morgan fingerprint density at radius 3 is 2.75 bits per heavy atom. The van der Waals surface area contributed by atoms with E-state index in [1.807, 2.05) is 48.5 Å². The topological polar surface area (TPSA) is 81.9 Å². The lowest BCUT2D eigenvalue weighted by Gasteiger charge is -2.23. The predicted octanol–water partition coefficient (Wildman–Crippen LogP) is 5.11. The van der Waals surface area contributed by atoms with Crippen molar-refractivity contribution >= 4 is 45.0 Å². The summed E-state index contributed by atoms with van der Waals surface area (Å²) in [5.41, 5.74) is 3.50. The van der Waals surface area contributed by atoms with Gasteiger partial charge in [-0.15, -0.1) is 0 Å². The molecule has 0 saturated heterocycles. The zero-order valence-corrected chi connectivity index (χ0v) is 19.7. The number of anilines is 1. The van der Waals surface area contributed by atoms with E-state index >= 15 is 0 Å². The van der Waals surface area contributed by atoms with E-state index in [2.05, 4.69) is 26.2 Å². The van der Waals surface area contributed by atoms with E-state index in [4.69, 9.17) is 16.7 Å². The number of nitrogens with one attached hydrogen (secondary N) is 2. The molecule has 0 amide bonds. The maximum absolute atomic E-state index is 13.2. The summed E-state index contributed by atoms with van der Waals surface area (Å²) in [7, 11) is 0. The van der Waals surface area contributed by atoms with Crippen LogP contribution in [0, 0.1) is 0 Å². The number of rotatable bonds is 4. The van der Waals surface area contributed by atoms with Gasteiger partial charge < -0.3 is 10.4 Å². The molecule has 160 valence electrons. The molecule has 3 N–H and O–H groups in total. The Morgan fingerprint density at radius 1 is 1.12 bits per heavy atom. The van der Waals surface area contributed by atoms with Crippen LogP contribution in [-0.4, -0.2) is 15.2 Å². The first-order valence-electron chi connectivity index (χ1n) is 9.78. The Morgan fingerprint density at radius 2 is 1.91 bits per heavy atom. The average Bonchev–Trinajstić information content (AvgIpc) is 2.79. The van der Waals surface area contributed by atoms with Crippen molar-refractivity contribution in [2.24, 2.45) is 0 Å². The fourth-order valence-corrected chi connectivity index (χ4v) is 5.27. The lowest BCUT2D eigenvalue weighted by molar-refractivity contribution is -0.759. The quantitative estimate of drug-likeness (QED) is 0.253. The van der Waals surface area contributed by atoms with Crippen molar-refractivity contribution in [3.8, 4) is 17.0 Å². The van der Waals surface area contributed by atoms with Crippen molar-refractivity contribution in [2.45, 2.75) is 17.1 Å². The van der Waals surface area contributed by atoms with Crippen LogP contribution in [0.1, 0.15) is 17.3 Å². The molecule has 9 heteroatoms. The van der Waals surface area contributed by atoms with Gasteiger partial charge in [0.05, 0.1) is 16.8 Å². The van der Waals surface area contributed by atoms with E-state index in [1.165, 1.54) is 11.8 Å². The minimum Gasteiger partial charge on any atom is -0.508 e. The first kappa shape index (κ1) is 21.1. The molecule has 1 aliphatic heterocycles. The highest BCUT2D eigenvalue weighted by atomic mass is 79.9. The van der Waals surface area contributed by atoms with E-state index in [9.17, 15) is 9.90 Å². The van der Waals surface area contributed by atoms with Crippen LogP contribution < -0.4 is 15.6 Å². The number of phenolic OH excluding ortho intramolecular Hbond substituents is 1. The molecule has 3 aromatic carbocycles. The van der Waals surface area contributed by atoms with Crippen LogP contribution in [0.15, 0.2) is 81.2 Å². The van der Waals surface area contributed by atoms with Gasteiger partial charge in [0, 0.05) is 20.3 Å². The largest absolute Gasteiger partial charge is 0.508 e. The Bertz CT molecular complexity index is 1390. The number of fused-ring (bicyclic) bond motifs is 3. The second kappa shape index (κ2) is 8.61. The molecule has 1 aliphatic rings. The highest BCUT2D eigenvalue weighted by Gasteiger charge is 2.38. The zero-order chi connectivity index (χ0) is 22.2. The molecule has 6 nitrogen and oxygen atoms in total. The van der Waals surface area contributed by atoms with Crippen molar-refractivity contribution in [1.29, 1.82) is 0 Å². The number of aromatic amines is 1. The van der Waals surface area contributed by atoms with Crippen LogP contribution in [0.25, 0.3) is 11.3 Å². The summed E-state index contributed by atoms with van der Waals surface area (Å²) >= 11 is 11.2. The molecule has 32 heavy (non-hydrogen) atoms. The number of halogens is 2. The molecule has 4 aromatic rings. The number of para-hydroxylation sites is 1. The first-order chi connectivity index (χ1) is 15.5. The van der Waals surface area contributed by atoms with Gasteiger partial charge >= 0.3 is 11.3 Å². The van der Waals surface area contributed by atoms with E-state index in [0.29, 0.717) is 21.6 Å². The molecule has 0 spiro atoms. The lowest BCUT2D eigenvalue weighted by atomic mass is 10.0. The summed E-state index contributed by atoms with van der Waals surface area (Å²) in [6, 6.07) is 20.2. The van der Waals surface area contributed by atoms with Crippen LogP contribution >= 0.6 is 39.3 Å².